The van der Waals surface area contributed by atoms with E-state index in [-0.39, 0.29) is 5.91 Å². The zero-order valence-electron chi connectivity index (χ0n) is 16.3. The number of aromatic nitrogens is 2. The first-order valence-corrected chi connectivity index (χ1v) is 11.4. The Balaban J connectivity index is 1.13. The fourth-order valence-electron chi connectivity index (χ4n) is 6.13. The van der Waals surface area contributed by atoms with E-state index < -0.39 is 0 Å². The van der Waals surface area contributed by atoms with Gasteiger partial charge < -0.3 is 9.73 Å². The van der Waals surface area contributed by atoms with Gasteiger partial charge in [-0.25, -0.2) is 0 Å². The van der Waals surface area contributed by atoms with Gasteiger partial charge in [0.15, 0.2) is 0 Å². The summed E-state index contributed by atoms with van der Waals surface area (Å²) in [5.74, 6) is 3.63. The van der Waals surface area contributed by atoms with Crippen molar-refractivity contribution >= 4 is 17.7 Å². The average molecular weight is 398 g/mol. The number of nitrogens with zero attached hydrogens (tertiary/aromatic N) is 2. The minimum absolute atomic E-state index is 0.0658. The number of amides is 1. The Morgan fingerprint density at radius 1 is 1.18 bits per heavy atom. The number of benzene rings is 1. The van der Waals surface area contributed by atoms with Gasteiger partial charge in [0.05, 0.1) is 5.75 Å². The van der Waals surface area contributed by atoms with E-state index in [1.165, 1.54) is 50.3 Å². The summed E-state index contributed by atoms with van der Waals surface area (Å²) in [4.78, 5) is 12.4. The molecular weight excluding hydrogens is 370 g/mol. The summed E-state index contributed by atoms with van der Waals surface area (Å²) in [7, 11) is 0. The van der Waals surface area contributed by atoms with Gasteiger partial charge in [-0.1, -0.05) is 29.5 Å². The fraction of sp³-hybridized carbons (Fsp3) is 0.591. The highest BCUT2D eigenvalue weighted by molar-refractivity contribution is 7.99. The van der Waals surface area contributed by atoms with Crippen molar-refractivity contribution in [2.45, 2.75) is 50.7 Å². The Morgan fingerprint density at radius 2 is 1.89 bits per heavy atom. The van der Waals surface area contributed by atoms with Gasteiger partial charge in [-0.05, 0) is 80.8 Å². The SMILES string of the molecule is Cc1cccc(-c2nnc(SCC(=O)NCC34CC5CC(CC(C5)C3)C4)o2)c1. The Kier molecular flexibility index (Phi) is 4.69. The molecule has 0 aliphatic heterocycles. The lowest BCUT2D eigenvalue weighted by molar-refractivity contribution is -0.120. The first-order valence-electron chi connectivity index (χ1n) is 10.4. The van der Waals surface area contributed by atoms with Crippen LogP contribution in [0, 0.1) is 30.1 Å². The summed E-state index contributed by atoms with van der Waals surface area (Å²) in [6.07, 6.45) is 8.25. The van der Waals surface area contributed by atoms with E-state index in [0.717, 1.165) is 35.4 Å². The maximum absolute atomic E-state index is 12.4. The van der Waals surface area contributed by atoms with Crippen LogP contribution in [0.5, 0.6) is 0 Å². The predicted octanol–water partition coefficient (Wildman–Crippen LogP) is 4.47. The van der Waals surface area contributed by atoms with Crippen LogP contribution in [-0.2, 0) is 4.79 Å². The summed E-state index contributed by atoms with van der Waals surface area (Å²) in [5.41, 5.74) is 2.43. The molecule has 4 aliphatic carbocycles. The number of nitrogens with one attached hydrogen (secondary N) is 1. The first-order chi connectivity index (χ1) is 13.6. The Bertz CT molecular complexity index is 843. The molecule has 1 N–H and O–H groups in total. The standard InChI is InChI=1S/C22H27N3O2S/c1-14-3-2-4-18(5-14)20-24-25-21(27-20)28-12-19(26)23-13-22-9-15-6-16(10-22)8-17(7-15)11-22/h2-5,15-17H,6-13H2,1H3,(H,23,26). The molecule has 6 rings (SSSR count). The van der Waals surface area contributed by atoms with Crippen molar-refractivity contribution in [3.8, 4) is 11.5 Å². The molecule has 0 radical (unpaired) electrons. The molecule has 5 nitrogen and oxygen atoms in total. The molecule has 0 saturated heterocycles. The molecule has 4 bridgehead atoms. The second-order valence-corrected chi connectivity index (χ2v) is 10.2. The largest absolute Gasteiger partial charge is 0.411 e. The highest BCUT2D eigenvalue weighted by Gasteiger charge is 2.50. The average Bonchev–Trinajstić information content (AvgIpc) is 3.13. The molecule has 1 heterocycles. The third-order valence-corrected chi connectivity index (χ3v) is 7.64. The number of aryl methyl sites for hydroxylation is 1. The lowest BCUT2D eigenvalue weighted by Gasteiger charge is -2.56. The molecule has 4 fully saturated rings. The van der Waals surface area contributed by atoms with E-state index in [4.69, 9.17) is 4.42 Å². The van der Waals surface area contributed by atoms with Gasteiger partial charge in [0.2, 0.25) is 11.8 Å². The summed E-state index contributed by atoms with van der Waals surface area (Å²) in [6, 6.07) is 7.97. The van der Waals surface area contributed by atoms with Crippen LogP contribution in [0.25, 0.3) is 11.5 Å². The number of hydrogen-bond donors (Lipinski definition) is 1. The van der Waals surface area contributed by atoms with Gasteiger partial charge in [-0.2, -0.15) is 0 Å². The molecule has 4 aliphatic rings. The number of carbonyl (C=O) groups is 1. The van der Waals surface area contributed by atoms with Crippen molar-refractivity contribution in [2.75, 3.05) is 12.3 Å². The lowest BCUT2D eigenvalue weighted by atomic mass is 9.49. The van der Waals surface area contributed by atoms with Crippen molar-refractivity contribution < 1.29 is 9.21 Å². The molecule has 148 valence electrons. The summed E-state index contributed by atoms with van der Waals surface area (Å²) < 4.78 is 5.71. The molecule has 1 aromatic heterocycles. The highest BCUT2D eigenvalue weighted by atomic mass is 32.2. The maximum Gasteiger partial charge on any atom is 0.277 e. The van der Waals surface area contributed by atoms with Gasteiger partial charge in [0.25, 0.3) is 5.22 Å². The van der Waals surface area contributed by atoms with E-state index in [1.807, 2.05) is 31.2 Å². The molecule has 28 heavy (non-hydrogen) atoms. The monoisotopic (exact) mass is 397 g/mol. The van der Waals surface area contributed by atoms with E-state index in [0.29, 0.717) is 22.3 Å². The molecule has 0 unspecified atom stereocenters. The summed E-state index contributed by atoms with van der Waals surface area (Å²) in [6.45, 7) is 2.87. The van der Waals surface area contributed by atoms with Crippen molar-refractivity contribution in [2.24, 2.45) is 23.2 Å². The highest BCUT2D eigenvalue weighted by Crippen LogP contribution is 2.59. The number of thioether (sulfide) groups is 1. The van der Waals surface area contributed by atoms with E-state index in [9.17, 15) is 4.79 Å². The van der Waals surface area contributed by atoms with Crippen LogP contribution in [0.2, 0.25) is 0 Å². The first kappa shape index (κ1) is 18.2. The summed E-state index contributed by atoms with van der Waals surface area (Å²) in [5, 5.41) is 11.8. The lowest BCUT2D eigenvalue weighted by Crippen LogP contribution is -2.51. The van der Waals surface area contributed by atoms with Crippen LogP contribution >= 0.6 is 11.8 Å². The topological polar surface area (TPSA) is 68.0 Å². The van der Waals surface area contributed by atoms with Crippen LogP contribution in [0.15, 0.2) is 33.9 Å². The van der Waals surface area contributed by atoms with Gasteiger partial charge in [-0.3, -0.25) is 4.79 Å². The second kappa shape index (κ2) is 7.21. The van der Waals surface area contributed by atoms with Crippen LogP contribution in [0.4, 0.5) is 0 Å². The quantitative estimate of drug-likeness (QED) is 0.729. The third kappa shape index (κ3) is 3.71. The molecule has 6 heteroatoms. The van der Waals surface area contributed by atoms with Crippen LogP contribution < -0.4 is 5.32 Å². The van der Waals surface area contributed by atoms with E-state index >= 15 is 0 Å². The number of rotatable bonds is 6. The third-order valence-electron chi connectivity index (χ3n) is 6.82. The van der Waals surface area contributed by atoms with Gasteiger partial charge in [0.1, 0.15) is 0 Å². The molecule has 0 spiro atoms. The maximum atomic E-state index is 12.4. The molecule has 0 atom stereocenters. The fourth-order valence-corrected chi connectivity index (χ4v) is 6.73. The van der Waals surface area contributed by atoms with E-state index in [2.05, 4.69) is 15.5 Å². The Labute approximate surface area is 170 Å². The van der Waals surface area contributed by atoms with Crippen molar-refractivity contribution in [1.29, 1.82) is 0 Å². The minimum atomic E-state index is 0.0658. The van der Waals surface area contributed by atoms with Crippen LogP contribution in [-0.4, -0.2) is 28.4 Å². The Morgan fingerprint density at radius 3 is 2.57 bits per heavy atom. The zero-order chi connectivity index (χ0) is 19.1. The second-order valence-electron chi connectivity index (χ2n) is 9.23. The van der Waals surface area contributed by atoms with Gasteiger partial charge >= 0.3 is 0 Å². The van der Waals surface area contributed by atoms with Gasteiger partial charge in [-0.15, -0.1) is 10.2 Å². The van der Waals surface area contributed by atoms with Crippen molar-refractivity contribution in [3.63, 3.8) is 0 Å². The Hall–Kier alpha value is -1.82. The molecular formula is C22H27N3O2S. The van der Waals surface area contributed by atoms with Crippen LogP contribution in [0.1, 0.15) is 44.1 Å². The number of carbonyl (C=O) groups excluding carboxylic acids is 1. The predicted molar refractivity (Wildman–Crippen MR) is 109 cm³/mol. The van der Waals surface area contributed by atoms with Crippen molar-refractivity contribution in [1.82, 2.24) is 15.5 Å². The molecule has 1 amide bonds. The van der Waals surface area contributed by atoms with Gasteiger partial charge in [0, 0.05) is 12.1 Å². The summed E-state index contributed by atoms with van der Waals surface area (Å²) >= 11 is 1.31. The smallest absolute Gasteiger partial charge is 0.277 e. The minimum Gasteiger partial charge on any atom is -0.411 e. The van der Waals surface area contributed by atoms with Crippen molar-refractivity contribution in [3.05, 3.63) is 29.8 Å². The molecule has 4 saturated carbocycles. The van der Waals surface area contributed by atoms with Crippen LogP contribution in [0.3, 0.4) is 0 Å². The number of hydrogen-bond acceptors (Lipinski definition) is 5. The van der Waals surface area contributed by atoms with E-state index in [1.54, 1.807) is 0 Å². The molecule has 2 aromatic rings. The molecule has 1 aromatic carbocycles. The zero-order valence-corrected chi connectivity index (χ0v) is 17.1. The normalized spacial score (nSPS) is 30.5.